The van der Waals surface area contributed by atoms with Crippen molar-refractivity contribution < 1.29 is 17.6 Å². The lowest BCUT2D eigenvalue weighted by Gasteiger charge is -2.35. The average molecular weight is 352 g/mol. The van der Waals surface area contributed by atoms with Crippen LogP contribution >= 0.6 is 0 Å². The largest absolute Gasteiger partial charge is 0.456 e. The molecule has 130 valence electrons. The molecule has 8 nitrogen and oxygen atoms in total. The Hall–Kier alpha value is -2.13. The lowest BCUT2D eigenvalue weighted by atomic mass is 10.0. The van der Waals surface area contributed by atoms with E-state index in [-0.39, 0.29) is 24.3 Å². The number of hydrogen-bond donors (Lipinski definition) is 1. The fourth-order valence-corrected chi connectivity index (χ4v) is 3.38. The van der Waals surface area contributed by atoms with Crippen molar-refractivity contribution in [2.24, 2.45) is 7.05 Å². The second kappa shape index (κ2) is 6.06. The number of carbonyl (C=O) groups excluding carboxylic acids is 1. The van der Waals surface area contributed by atoms with Crippen LogP contribution in [-0.4, -0.2) is 47.6 Å². The van der Waals surface area contributed by atoms with Gasteiger partial charge < -0.3 is 13.9 Å². The fourth-order valence-electron chi connectivity index (χ4n) is 2.88. The topological polar surface area (TPSA) is 97.4 Å². The molecule has 1 unspecified atom stereocenters. The zero-order valence-corrected chi connectivity index (χ0v) is 14.6. The summed E-state index contributed by atoms with van der Waals surface area (Å²) in [7, 11) is -1.45. The molecule has 0 saturated carbocycles. The Labute approximate surface area is 140 Å². The highest BCUT2D eigenvalue weighted by Crippen LogP contribution is 2.24. The van der Waals surface area contributed by atoms with Crippen LogP contribution in [0.15, 0.2) is 22.9 Å². The molecule has 1 aliphatic heterocycles. The molecule has 24 heavy (non-hydrogen) atoms. The molecule has 1 amide bonds. The predicted molar refractivity (Wildman–Crippen MR) is 86.9 cm³/mol. The van der Waals surface area contributed by atoms with Crippen LogP contribution in [0.4, 0.5) is 0 Å². The first-order valence-electron chi connectivity index (χ1n) is 7.55. The summed E-state index contributed by atoms with van der Waals surface area (Å²) >= 11 is 0. The fraction of sp³-hybridized carbons (Fsp3) is 0.467. The number of nitrogens with one attached hydrogen (secondary N) is 1. The summed E-state index contributed by atoms with van der Waals surface area (Å²) in [5.74, 6) is 0.635. The molecule has 0 aliphatic carbocycles. The van der Waals surface area contributed by atoms with Crippen LogP contribution in [0.1, 0.15) is 27.7 Å². The monoisotopic (exact) mass is 352 g/mol. The molecular weight excluding hydrogens is 332 g/mol. The Kier molecular flexibility index (Phi) is 4.22. The Morgan fingerprint density at radius 3 is 2.83 bits per heavy atom. The molecule has 1 atom stereocenters. The highest BCUT2D eigenvalue weighted by atomic mass is 32.2. The lowest BCUT2D eigenvalue weighted by molar-refractivity contribution is 0.0604. The van der Waals surface area contributed by atoms with Gasteiger partial charge in [0.2, 0.25) is 10.0 Å². The number of nitrogens with zero attached hydrogens (tertiary/aromatic N) is 3. The van der Waals surface area contributed by atoms with E-state index in [9.17, 15) is 13.2 Å². The van der Waals surface area contributed by atoms with Crippen molar-refractivity contribution in [1.29, 1.82) is 0 Å². The number of carbonyl (C=O) groups is 1. The van der Waals surface area contributed by atoms with Crippen LogP contribution in [0.3, 0.4) is 0 Å². The van der Waals surface area contributed by atoms with Crippen LogP contribution in [0.5, 0.6) is 0 Å². The van der Waals surface area contributed by atoms with Crippen molar-refractivity contribution in [2.45, 2.75) is 25.9 Å². The minimum Gasteiger partial charge on any atom is -0.456 e. The number of sulfonamides is 1. The maximum atomic E-state index is 12.8. The molecule has 0 fully saturated rings. The first kappa shape index (κ1) is 16.7. The standard InChI is InChI=1S/C15H20N4O4S/c1-10-4-5-14(23-10)15(20)19-8-12-13(18(2)9-16-12)6-11(19)7-17-24(3,21)22/h4-5,9,11,17H,6-8H2,1-3H3. The van der Waals surface area contributed by atoms with Crippen LogP contribution in [0, 0.1) is 6.92 Å². The summed E-state index contributed by atoms with van der Waals surface area (Å²) in [5.41, 5.74) is 1.83. The first-order valence-corrected chi connectivity index (χ1v) is 9.45. The van der Waals surface area contributed by atoms with E-state index in [2.05, 4.69) is 9.71 Å². The number of imidazole rings is 1. The highest BCUT2D eigenvalue weighted by molar-refractivity contribution is 7.88. The first-order chi connectivity index (χ1) is 11.2. The SMILES string of the molecule is Cc1ccc(C(=O)N2Cc3ncn(C)c3CC2CNS(C)(=O)=O)o1. The van der Waals surface area contributed by atoms with E-state index in [0.29, 0.717) is 18.7 Å². The van der Waals surface area contributed by atoms with Gasteiger partial charge in [0.15, 0.2) is 5.76 Å². The van der Waals surface area contributed by atoms with E-state index in [4.69, 9.17) is 4.42 Å². The van der Waals surface area contributed by atoms with Crippen molar-refractivity contribution in [3.05, 3.63) is 41.4 Å². The van der Waals surface area contributed by atoms with E-state index in [1.807, 2.05) is 11.6 Å². The van der Waals surface area contributed by atoms with Crippen LogP contribution in [0.25, 0.3) is 0 Å². The zero-order chi connectivity index (χ0) is 17.5. The number of hydrogen-bond acceptors (Lipinski definition) is 5. The normalized spacial score (nSPS) is 17.8. The van der Waals surface area contributed by atoms with Gasteiger partial charge in [-0.25, -0.2) is 18.1 Å². The molecule has 1 N–H and O–H groups in total. The second-order valence-corrected chi connectivity index (χ2v) is 7.90. The van der Waals surface area contributed by atoms with E-state index in [1.165, 1.54) is 0 Å². The number of amides is 1. The third kappa shape index (κ3) is 3.36. The minimum atomic E-state index is -3.34. The van der Waals surface area contributed by atoms with Gasteiger partial charge in [-0.2, -0.15) is 0 Å². The summed E-state index contributed by atoms with van der Waals surface area (Å²) in [4.78, 5) is 18.7. The molecule has 0 saturated heterocycles. The maximum absolute atomic E-state index is 12.8. The van der Waals surface area contributed by atoms with Gasteiger partial charge in [-0.05, 0) is 19.1 Å². The van der Waals surface area contributed by atoms with Crippen LogP contribution in [-0.2, 0) is 30.0 Å². The summed E-state index contributed by atoms with van der Waals surface area (Å²) < 4.78 is 32.7. The van der Waals surface area contributed by atoms with Gasteiger partial charge in [-0.15, -0.1) is 0 Å². The Balaban J connectivity index is 1.89. The van der Waals surface area contributed by atoms with Gasteiger partial charge in [0.25, 0.3) is 5.91 Å². The summed E-state index contributed by atoms with van der Waals surface area (Å²) in [6.45, 7) is 2.24. The van der Waals surface area contributed by atoms with Gasteiger partial charge in [0.05, 0.1) is 30.9 Å². The smallest absolute Gasteiger partial charge is 0.290 e. The number of furan rings is 1. The molecule has 0 spiro atoms. The summed E-state index contributed by atoms with van der Waals surface area (Å²) in [6.07, 6.45) is 3.34. The molecule has 2 aromatic heterocycles. The van der Waals surface area contributed by atoms with Gasteiger partial charge in [-0.1, -0.05) is 0 Å². The molecule has 2 aromatic rings. The molecule has 1 aliphatic rings. The zero-order valence-electron chi connectivity index (χ0n) is 13.8. The van der Waals surface area contributed by atoms with Crippen molar-refractivity contribution >= 4 is 15.9 Å². The Bertz CT molecular complexity index is 868. The van der Waals surface area contributed by atoms with Gasteiger partial charge in [0.1, 0.15) is 5.76 Å². The third-order valence-electron chi connectivity index (χ3n) is 4.13. The third-order valence-corrected chi connectivity index (χ3v) is 4.82. The number of aryl methyl sites for hydroxylation is 2. The minimum absolute atomic E-state index is 0.148. The molecule has 3 heterocycles. The quantitative estimate of drug-likeness (QED) is 0.861. The summed E-state index contributed by atoms with van der Waals surface area (Å²) in [5, 5.41) is 0. The van der Waals surface area contributed by atoms with E-state index < -0.39 is 10.0 Å². The molecule has 0 aromatic carbocycles. The van der Waals surface area contributed by atoms with Gasteiger partial charge >= 0.3 is 0 Å². The van der Waals surface area contributed by atoms with Crippen molar-refractivity contribution in [3.8, 4) is 0 Å². The average Bonchev–Trinajstić information content (AvgIpc) is 3.09. The highest BCUT2D eigenvalue weighted by Gasteiger charge is 2.34. The van der Waals surface area contributed by atoms with E-state index in [0.717, 1.165) is 17.6 Å². The predicted octanol–water partition coefficient (Wildman–Crippen LogP) is 0.438. The van der Waals surface area contributed by atoms with Crippen LogP contribution in [0.2, 0.25) is 0 Å². The second-order valence-electron chi connectivity index (χ2n) is 6.07. The van der Waals surface area contributed by atoms with Gasteiger partial charge in [0, 0.05) is 25.7 Å². The summed E-state index contributed by atoms with van der Waals surface area (Å²) in [6, 6.07) is 3.06. The maximum Gasteiger partial charge on any atom is 0.290 e. The van der Waals surface area contributed by atoms with E-state index >= 15 is 0 Å². The van der Waals surface area contributed by atoms with E-state index in [1.54, 1.807) is 30.3 Å². The van der Waals surface area contributed by atoms with Crippen molar-refractivity contribution in [3.63, 3.8) is 0 Å². The molecule has 9 heteroatoms. The Morgan fingerprint density at radius 2 is 2.21 bits per heavy atom. The van der Waals surface area contributed by atoms with Crippen molar-refractivity contribution in [2.75, 3.05) is 12.8 Å². The molecule has 0 radical (unpaired) electrons. The molecule has 0 bridgehead atoms. The molecule has 3 rings (SSSR count). The number of rotatable bonds is 4. The van der Waals surface area contributed by atoms with Crippen molar-refractivity contribution in [1.82, 2.24) is 19.2 Å². The number of fused-ring (bicyclic) bond motifs is 1. The lowest BCUT2D eigenvalue weighted by Crippen LogP contribution is -2.50. The van der Waals surface area contributed by atoms with Crippen LogP contribution < -0.4 is 4.72 Å². The number of aromatic nitrogens is 2. The molecular formula is C15H20N4O4S. The van der Waals surface area contributed by atoms with Gasteiger partial charge in [-0.3, -0.25) is 4.79 Å². The Morgan fingerprint density at radius 1 is 1.46 bits per heavy atom.